The fourth-order valence-corrected chi connectivity index (χ4v) is 1.81. The summed E-state index contributed by atoms with van der Waals surface area (Å²) in [6, 6.07) is 1.29. The van der Waals surface area contributed by atoms with Crippen molar-refractivity contribution in [3.63, 3.8) is 0 Å². The molecule has 1 aromatic heterocycles. The molecule has 1 aromatic rings. The van der Waals surface area contributed by atoms with Gasteiger partial charge in [0.05, 0.1) is 5.56 Å². The molecule has 0 atom stereocenters. The van der Waals surface area contributed by atoms with E-state index in [4.69, 9.17) is 17.3 Å². The zero-order chi connectivity index (χ0) is 10.0. The summed E-state index contributed by atoms with van der Waals surface area (Å²) >= 11 is 7.42. The van der Waals surface area contributed by atoms with E-state index >= 15 is 0 Å². The molecule has 0 saturated carbocycles. The molecular weight excluding hydrogens is 312 g/mol. The highest BCUT2D eigenvalue weighted by atomic mass is 127. The lowest BCUT2D eigenvalue weighted by Crippen LogP contribution is -2.03. The predicted octanol–water partition coefficient (Wildman–Crippen LogP) is 2.74. The minimum atomic E-state index is -2.61. The number of hydrogen-bond donors (Lipinski definition) is 1. The van der Waals surface area contributed by atoms with E-state index in [2.05, 4.69) is 4.98 Å². The van der Waals surface area contributed by atoms with Gasteiger partial charge in [-0.15, -0.1) is 0 Å². The highest BCUT2D eigenvalue weighted by Crippen LogP contribution is 2.27. The highest BCUT2D eigenvalue weighted by Gasteiger charge is 2.15. The summed E-state index contributed by atoms with van der Waals surface area (Å²) < 4.78 is 25.2. The standard InChI is InChI=1S/C7H6ClF2IN2/c8-5-4(6(9)10)1-3(2-12)7(11)13-5/h1,6H,2,12H2. The Labute approximate surface area is 92.6 Å². The molecule has 0 aliphatic rings. The molecule has 2 N–H and O–H groups in total. The van der Waals surface area contributed by atoms with Crippen molar-refractivity contribution in [2.75, 3.05) is 0 Å². The Morgan fingerprint density at radius 1 is 1.62 bits per heavy atom. The topological polar surface area (TPSA) is 38.9 Å². The van der Waals surface area contributed by atoms with Gasteiger partial charge in [-0.1, -0.05) is 11.6 Å². The number of nitrogens with two attached hydrogens (primary N) is 1. The Balaban J connectivity index is 3.22. The number of halogens is 4. The molecule has 0 aliphatic heterocycles. The fourth-order valence-electron chi connectivity index (χ4n) is 0.826. The maximum absolute atomic E-state index is 12.3. The Morgan fingerprint density at radius 3 is 2.69 bits per heavy atom. The molecule has 0 aromatic carbocycles. The van der Waals surface area contributed by atoms with Crippen molar-refractivity contribution in [1.29, 1.82) is 0 Å². The summed E-state index contributed by atoms with van der Waals surface area (Å²) in [6.07, 6.45) is -2.61. The molecule has 1 rings (SSSR count). The summed E-state index contributed by atoms with van der Waals surface area (Å²) in [4.78, 5) is 3.76. The van der Waals surface area contributed by atoms with Gasteiger partial charge in [0.2, 0.25) is 0 Å². The van der Waals surface area contributed by atoms with Crippen LogP contribution in [0.2, 0.25) is 5.15 Å². The fraction of sp³-hybridized carbons (Fsp3) is 0.286. The van der Waals surface area contributed by atoms with Gasteiger partial charge < -0.3 is 5.73 Å². The summed E-state index contributed by atoms with van der Waals surface area (Å²) in [5.74, 6) is 0. The number of alkyl halides is 2. The van der Waals surface area contributed by atoms with E-state index in [1.165, 1.54) is 6.07 Å². The van der Waals surface area contributed by atoms with Crippen LogP contribution in [0.3, 0.4) is 0 Å². The average Bonchev–Trinajstić information content (AvgIpc) is 2.03. The normalized spacial score (nSPS) is 10.9. The van der Waals surface area contributed by atoms with E-state index in [0.29, 0.717) is 9.26 Å². The van der Waals surface area contributed by atoms with E-state index < -0.39 is 6.43 Å². The monoisotopic (exact) mass is 318 g/mol. The third-order valence-electron chi connectivity index (χ3n) is 1.48. The van der Waals surface area contributed by atoms with Gasteiger partial charge >= 0.3 is 0 Å². The summed E-state index contributed by atoms with van der Waals surface area (Å²) in [7, 11) is 0. The molecule has 0 aliphatic carbocycles. The summed E-state index contributed by atoms with van der Waals surface area (Å²) in [5.41, 5.74) is 5.66. The van der Waals surface area contributed by atoms with E-state index in [1.54, 1.807) is 0 Å². The van der Waals surface area contributed by atoms with Crippen LogP contribution in [0.4, 0.5) is 8.78 Å². The van der Waals surface area contributed by atoms with Crippen molar-refractivity contribution in [2.45, 2.75) is 13.0 Å². The molecule has 1 heterocycles. The van der Waals surface area contributed by atoms with Crippen molar-refractivity contribution in [1.82, 2.24) is 4.98 Å². The summed E-state index contributed by atoms with van der Waals surface area (Å²) in [5, 5.41) is -0.156. The van der Waals surface area contributed by atoms with E-state index in [1.807, 2.05) is 22.6 Å². The van der Waals surface area contributed by atoms with E-state index in [-0.39, 0.29) is 17.3 Å². The Morgan fingerprint density at radius 2 is 2.23 bits per heavy atom. The molecule has 0 bridgehead atoms. The van der Waals surface area contributed by atoms with Gasteiger partial charge in [0.25, 0.3) is 6.43 Å². The second-order valence-corrected chi connectivity index (χ2v) is 3.70. The largest absolute Gasteiger partial charge is 0.326 e. The molecule has 13 heavy (non-hydrogen) atoms. The number of hydrogen-bond acceptors (Lipinski definition) is 2. The summed E-state index contributed by atoms with van der Waals surface area (Å²) in [6.45, 7) is 0.183. The first-order valence-electron chi connectivity index (χ1n) is 3.39. The zero-order valence-corrected chi connectivity index (χ0v) is 9.31. The van der Waals surface area contributed by atoms with Crippen LogP contribution in [0.5, 0.6) is 0 Å². The molecule has 0 amide bonds. The number of aromatic nitrogens is 1. The first-order chi connectivity index (χ1) is 6.06. The molecular formula is C7H6ClF2IN2. The molecule has 0 saturated heterocycles. The number of pyridine rings is 1. The Hall–Kier alpha value is -0.0100. The van der Waals surface area contributed by atoms with Gasteiger partial charge in [0.1, 0.15) is 8.85 Å². The van der Waals surface area contributed by atoms with Crippen molar-refractivity contribution < 1.29 is 8.78 Å². The smallest absolute Gasteiger partial charge is 0.266 e. The van der Waals surface area contributed by atoms with Crippen molar-refractivity contribution in [2.24, 2.45) is 5.73 Å². The number of rotatable bonds is 2. The molecule has 2 nitrogen and oxygen atoms in total. The van der Waals surface area contributed by atoms with Gasteiger partial charge in [0.15, 0.2) is 0 Å². The molecule has 0 spiro atoms. The molecule has 0 radical (unpaired) electrons. The van der Waals surface area contributed by atoms with Crippen molar-refractivity contribution in [3.8, 4) is 0 Å². The van der Waals surface area contributed by atoms with Gasteiger partial charge in [-0.05, 0) is 34.2 Å². The molecule has 0 fully saturated rings. The first kappa shape index (κ1) is 11.1. The second kappa shape index (κ2) is 4.47. The number of nitrogens with zero attached hydrogens (tertiary/aromatic N) is 1. The van der Waals surface area contributed by atoms with Crippen LogP contribution >= 0.6 is 34.2 Å². The Kier molecular flexibility index (Phi) is 3.81. The van der Waals surface area contributed by atoms with Gasteiger partial charge in [-0.2, -0.15) is 0 Å². The predicted molar refractivity (Wildman–Crippen MR) is 54.8 cm³/mol. The van der Waals surface area contributed by atoms with Crippen molar-refractivity contribution >= 4 is 34.2 Å². The van der Waals surface area contributed by atoms with Gasteiger partial charge in [-0.3, -0.25) is 0 Å². The third-order valence-corrected chi connectivity index (χ3v) is 2.72. The van der Waals surface area contributed by atoms with Crippen LogP contribution in [-0.2, 0) is 6.54 Å². The van der Waals surface area contributed by atoms with Crippen LogP contribution in [0.15, 0.2) is 6.07 Å². The maximum atomic E-state index is 12.3. The lowest BCUT2D eigenvalue weighted by Gasteiger charge is -2.06. The SMILES string of the molecule is NCc1cc(C(F)F)c(Cl)nc1I. The minimum Gasteiger partial charge on any atom is -0.326 e. The maximum Gasteiger partial charge on any atom is 0.266 e. The average molecular weight is 318 g/mol. The van der Waals surface area contributed by atoms with Crippen LogP contribution in [0.1, 0.15) is 17.6 Å². The molecule has 6 heteroatoms. The minimum absolute atomic E-state index is 0.156. The van der Waals surface area contributed by atoms with Crippen LogP contribution in [0.25, 0.3) is 0 Å². The van der Waals surface area contributed by atoms with Gasteiger partial charge in [-0.25, -0.2) is 13.8 Å². The first-order valence-corrected chi connectivity index (χ1v) is 4.85. The van der Waals surface area contributed by atoms with Crippen LogP contribution in [-0.4, -0.2) is 4.98 Å². The quantitative estimate of drug-likeness (QED) is 0.673. The highest BCUT2D eigenvalue weighted by molar-refractivity contribution is 14.1. The lowest BCUT2D eigenvalue weighted by atomic mass is 10.2. The Bertz CT molecular complexity index is 320. The van der Waals surface area contributed by atoms with E-state index in [9.17, 15) is 8.78 Å². The lowest BCUT2D eigenvalue weighted by molar-refractivity contribution is 0.151. The van der Waals surface area contributed by atoms with E-state index in [0.717, 1.165) is 0 Å². The van der Waals surface area contributed by atoms with Crippen LogP contribution in [0, 0.1) is 3.70 Å². The zero-order valence-electron chi connectivity index (χ0n) is 6.40. The third kappa shape index (κ3) is 2.47. The second-order valence-electron chi connectivity index (χ2n) is 2.32. The molecule has 72 valence electrons. The van der Waals surface area contributed by atoms with Gasteiger partial charge in [0, 0.05) is 6.54 Å². The van der Waals surface area contributed by atoms with Crippen LogP contribution < -0.4 is 5.73 Å². The molecule has 0 unspecified atom stereocenters. The van der Waals surface area contributed by atoms with Crippen molar-refractivity contribution in [3.05, 3.63) is 26.0 Å².